The minimum absolute atomic E-state index is 0.0945. The van der Waals surface area contributed by atoms with Crippen LogP contribution in [0.5, 0.6) is 0 Å². The number of carbonyl (C=O) groups excluding carboxylic acids is 1. The largest absolute Gasteiger partial charge is 0.416 e. The molecule has 1 unspecified atom stereocenters. The molecular formula is C26H28F6N2O2. The Morgan fingerprint density at radius 3 is 2.00 bits per heavy atom. The molecule has 4 rings (SSSR count). The van der Waals surface area contributed by atoms with Crippen LogP contribution < -0.4 is 0 Å². The van der Waals surface area contributed by atoms with E-state index < -0.39 is 35.0 Å². The molecule has 2 aromatic carbocycles. The summed E-state index contributed by atoms with van der Waals surface area (Å²) < 4.78 is 85.9. The van der Waals surface area contributed by atoms with Crippen molar-refractivity contribution in [2.45, 2.75) is 56.5 Å². The summed E-state index contributed by atoms with van der Waals surface area (Å²) >= 11 is 0. The SMILES string of the molecule is CC(OCC1(c2ccccc2)CCN(N2CCCC2=O)CC1)c1cc(C(F)(F)F)cc(C(F)(F)F)c1. The summed E-state index contributed by atoms with van der Waals surface area (Å²) in [5.74, 6) is 0.0945. The van der Waals surface area contributed by atoms with Crippen molar-refractivity contribution >= 4 is 5.91 Å². The van der Waals surface area contributed by atoms with Crippen LogP contribution in [0.3, 0.4) is 0 Å². The van der Waals surface area contributed by atoms with Crippen molar-refractivity contribution in [3.63, 3.8) is 0 Å². The fraction of sp³-hybridized carbons (Fsp3) is 0.500. The van der Waals surface area contributed by atoms with E-state index in [0.717, 1.165) is 24.1 Å². The minimum atomic E-state index is -4.92. The molecule has 10 heteroatoms. The van der Waals surface area contributed by atoms with Gasteiger partial charge in [-0.3, -0.25) is 9.80 Å². The number of piperidine rings is 1. The van der Waals surface area contributed by atoms with Gasteiger partial charge in [0, 0.05) is 31.5 Å². The number of benzene rings is 2. The molecule has 0 radical (unpaired) electrons. The van der Waals surface area contributed by atoms with Crippen molar-refractivity contribution in [3.8, 4) is 0 Å². The van der Waals surface area contributed by atoms with E-state index in [2.05, 4.69) is 0 Å². The Morgan fingerprint density at radius 1 is 0.917 bits per heavy atom. The number of nitrogens with zero attached hydrogens (tertiary/aromatic N) is 2. The lowest BCUT2D eigenvalue weighted by Crippen LogP contribution is -2.52. The van der Waals surface area contributed by atoms with Crippen molar-refractivity contribution in [2.24, 2.45) is 0 Å². The first-order chi connectivity index (χ1) is 16.9. The molecule has 1 atom stereocenters. The Bertz CT molecular complexity index is 1030. The highest BCUT2D eigenvalue weighted by atomic mass is 19.4. The molecule has 1 amide bonds. The van der Waals surface area contributed by atoms with E-state index in [4.69, 9.17) is 4.74 Å². The number of carbonyl (C=O) groups is 1. The van der Waals surface area contributed by atoms with Gasteiger partial charge in [-0.25, -0.2) is 5.01 Å². The Labute approximate surface area is 205 Å². The van der Waals surface area contributed by atoms with Gasteiger partial charge in [-0.05, 0) is 55.5 Å². The quantitative estimate of drug-likeness (QED) is 0.420. The zero-order valence-electron chi connectivity index (χ0n) is 19.8. The number of alkyl halides is 6. The van der Waals surface area contributed by atoms with Gasteiger partial charge in [-0.1, -0.05) is 30.3 Å². The highest BCUT2D eigenvalue weighted by Crippen LogP contribution is 2.40. The molecule has 0 N–H and O–H groups in total. The number of amides is 1. The molecule has 2 aliphatic heterocycles. The average Bonchev–Trinajstić information content (AvgIpc) is 3.27. The van der Waals surface area contributed by atoms with Gasteiger partial charge in [0.05, 0.1) is 23.8 Å². The van der Waals surface area contributed by atoms with Gasteiger partial charge in [0.1, 0.15) is 0 Å². The molecule has 4 nitrogen and oxygen atoms in total. The molecule has 0 spiro atoms. The number of hydrazine groups is 1. The van der Waals surface area contributed by atoms with E-state index in [1.807, 2.05) is 35.3 Å². The molecule has 2 aromatic rings. The normalized spacial score (nSPS) is 20.1. The minimum Gasteiger partial charge on any atom is -0.373 e. The molecule has 0 saturated carbocycles. The van der Waals surface area contributed by atoms with Crippen LogP contribution in [-0.4, -0.2) is 42.2 Å². The van der Waals surface area contributed by atoms with E-state index in [9.17, 15) is 31.1 Å². The monoisotopic (exact) mass is 514 g/mol. The van der Waals surface area contributed by atoms with E-state index in [1.54, 1.807) is 5.01 Å². The molecular weight excluding hydrogens is 486 g/mol. The highest BCUT2D eigenvalue weighted by molar-refractivity contribution is 5.77. The van der Waals surface area contributed by atoms with E-state index >= 15 is 0 Å². The van der Waals surface area contributed by atoms with Crippen LogP contribution in [0.15, 0.2) is 48.5 Å². The Balaban J connectivity index is 1.55. The molecule has 196 valence electrons. The van der Waals surface area contributed by atoms with E-state index in [0.29, 0.717) is 38.9 Å². The highest BCUT2D eigenvalue weighted by Gasteiger charge is 2.41. The average molecular weight is 515 g/mol. The standard InChI is InChI=1S/C26H28F6N2O2/c1-18(19-14-21(25(27,28)29)16-22(15-19)26(30,31)32)36-17-24(20-6-3-2-4-7-20)9-12-33(13-10-24)34-11-5-8-23(34)35/h2-4,6-7,14-16,18H,5,8-13,17H2,1H3. The zero-order valence-corrected chi connectivity index (χ0v) is 19.8. The third-order valence-corrected chi connectivity index (χ3v) is 7.16. The maximum absolute atomic E-state index is 13.3. The Kier molecular flexibility index (Phi) is 7.39. The van der Waals surface area contributed by atoms with Crippen LogP contribution in [0.1, 0.15) is 61.0 Å². The number of ether oxygens (including phenoxy) is 1. The predicted molar refractivity (Wildman–Crippen MR) is 121 cm³/mol. The van der Waals surface area contributed by atoms with Crippen LogP contribution in [0.2, 0.25) is 0 Å². The van der Waals surface area contributed by atoms with Gasteiger partial charge < -0.3 is 4.74 Å². The first-order valence-electron chi connectivity index (χ1n) is 11.9. The molecule has 0 bridgehead atoms. The Morgan fingerprint density at radius 2 is 1.50 bits per heavy atom. The Hall–Kier alpha value is -2.59. The lowest BCUT2D eigenvalue weighted by Gasteiger charge is -2.45. The van der Waals surface area contributed by atoms with Crippen LogP contribution in [-0.2, 0) is 27.3 Å². The van der Waals surface area contributed by atoms with E-state index in [-0.39, 0.29) is 24.1 Å². The molecule has 2 heterocycles. The molecule has 0 aromatic heterocycles. The second-order valence-corrected chi connectivity index (χ2v) is 9.51. The van der Waals surface area contributed by atoms with Gasteiger partial charge >= 0.3 is 12.4 Å². The second kappa shape index (κ2) is 10.0. The van der Waals surface area contributed by atoms with Crippen molar-refractivity contribution in [1.82, 2.24) is 10.0 Å². The summed E-state index contributed by atoms with van der Waals surface area (Å²) in [6.45, 7) is 3.46. The second-order valence-electron chi connectivity index (χ2n) is 9.51. The third-order valence-electron chi connectivity index (χ3n) is 7.16. The lowest BCUT2D eigenvalue weighted by molar-refractivity contribution is -0.147. The van der Waals surface area contributed by atoms with Crippen LogP contribution in [0, 0.1) is 0 Å². The first-order valence-corrected chi connectivity index (χ1v) is 11.9. The lowest BCUT2D eigenvalue weighted by atomic mass is 9.73. The molecule has 2 fully saturated rings. The third kappa shape index (κ3) is 5.70. The van der Waals surface area contributed by atoms with Gasteiger partial charge in [0.2, 0.25) is 5.91 Å². The summed E-state index contributed by atoms with van der Waals surface area (Å²) in [7, 11) is 0. The van der Waals surface area contributed by atoms with Gasteiger partial charge in [0.15, 0.2) is 0 Å². The van der Waals surface area contributed by atoms with Crippen LogP contribution in [0.25, 0.3) is 0 Å². The fourth-order valence-corrected chi connectivity index (χ4v) is 5.00. The predicted octanol–water partition coefficient (Wildman–Crippen LogP) is 6.37. The number of hydrogen-bond donors (Lipinski definition) is 0. The number of rotatable bonds is 6. The van der Waals surface area contributed by atoms with Gasteiger partial charge in [-0.2, -0.15) is 26.3 Å². The zero-order chi connectivity index (χ0) is 26.1. The summed E-state index contributed by atoms with van der Waals surface area (Å²) in [4.78, 5) is 12.2. The molecule has 2 saturated heterocycles. The molecule has 36 heavy (non-hydrogen) atoms. The fourth-order valence-electron chi connectivity index (χ4n) is 5.00. The smallest absolute Gasteiger partial charge is 0.373 e. The maximum atomic E-state index is 13.3. The van der Waals surface area contributed by atoms with Crippen molar-refractivity contribution in [3.05, 3.63) is 70.8 Å². The number of halogens is 6. The van der Waals surface area contributed by atoms with Crippen molar-refractivity contribution < 1.29 is 35.9 Å². The van der Waals surface area contributed by atoms with Crippen molar-refractivity contribution in [1.29, 1.82) is 0 Å². The van der Waals surface area contributed by atoms with Crippen molar-refractivity contribution in [2.75, 3.05) is 26.2 Å². The van der Waals surface area contributed by atoms with Crippen LogP contribution >= 0.6 is 0 Å². The summed E-state index contributed by atoms with van der Waals surface area (Å²) in [5, 5.41) is 3.81. The summed E-state index contributed by atoms with van der Waals surface area (Å²) in [6, 6.07) is 11.1. The summed E-state index contributed by atoms with van der Waals surface area (Å²) in [5.41, 5.74) is -2.39. The molecule has 0 aliphatic carbocycles. The topological polar surface area (TPSA) is 32.8 Å². The number of hydrogen-bond acceptors (Lipinski definition) is 3. The first kappa shape index (κ1) is 26.5. The summed E-state index contributed by atoms with van der Waals surface area (Å²) in [6.07, 6.45) is -8.23. The maximum Gasteiger partial charge on any atom is 0.416 e. The van der Waals surface area contributed by atoms with Gasteiger partial charge in [0.25, 0.3) is 0 Å². The molecule has 2 aliphatic rings. The van der Waals surface area contributed by atoms with Crippen LogP contribution in [0.4, 0.5) is 26.3 Å². The van der Waals surface area contributed by atoms with Gasteiger partial charge in [-0.15, -0.1) is 0 Å². The van der Waals surface area contributed by atoms with E-state index in [1.165, 1.54) is 6.92 Å².